The Bertz CT molecular complexity index is 247. The largest absolute Gasteiger partial charge is 0.480 e. The van der Waals surface area contributed by atoms with Gasteiger partial charge < -0.3 is 10.8 Å². The van der Waals surface area contributed by atoms with Gasteiger partial charge in [-0.1, -0.05) is 6.42 Å². The maximum absolute atomic E-state index is 10.5. The van der Waals surface area contributed by atoms with Gasteiger partial charge in [-0.05, 0) is 42.8 Å². The Balaban J connectivity index is 1.64. The first-order valence-electron chi connectivity index (χ1n) is 5.73. The Kier molecular flexibility index (Phi) is 3.57. The van der Waals surface area contributed by atoms with E-state index in [-0.39, 0.29) is 0 Å². The lowest BCUT2D eigenvalue weighted by molar-refractivity contribution is -0.137. The highest BCUT2D eigenvalue weighted by Crippen LogP contribution is 2.49. The van der Waals surface area contributed by atoms with Crippen LogP contribution in [-0.4, -0.2) is 28.6 Å². The molecule has 3 N–H and O–H groups in total. The van der Waals surface area contributed by atoms with Gasteiger partial charge in [-0.3, -0.25) is 4.79 Å². The molecule has 0 spiro atoms. The van der Waals surface area contributed by atoms with Crippen molar-refractivity contribution in [3.63, 3.8) is 0 Å². The van der Waals surface area contributed by atoms with E-state index in [4.69, 9.17) is 10.8 Å². The third-order valence-corrected chi connectivity index (χ3v) is 5.09. The molecule has 2 aliphatic carbocycles. The normalized spacial score (nSPS) is 35.7. The maximum atomic E-state index is 10.5. The Morgan fingerprint density at radius 1 is 1.47 bits per heavy atom. The molecule has 3 nitrogen and oxygen atoms in total. The van der Waals surface area contributed by atoms with E-state index in [9.17, 15) is 4.79 Å². The molecule has 0 aromatic carbocycles. The summed E-state index contributed by atoms with van der Waals surface area (Å²) in [6, 6.07) is -0.686. The van der Waals surface area contributed by atoms with E-state index in [1.54, 1.807) is 11.8 Å². The molecular weight excluding hydrogens is 210 g/mol. The van der Waals surface area contributed by atoms with Crippen LogP contribution < -0.4 is 5.73 Å². The van der Waals surface area contributed by atoms with Gasteiger partial charge in [0, 0.05) is 5.75 Å². The zero-order valence-electron chi connectivity index (χ0n) is 8.89. The summed E-state index contributed by atoms with van der Waals surface area (Å²) < 4.78 is 0. The van der Waals surface area contributed by atoms with E-state index in [0.29, 0.717) is 5.75 Å². The van der Waals surface area contributed by atoms with Crippen LogP contribution in [-0.2, 0) is 4.79 Å². The van der Waals surface area contributed by atoms with Crippen molar-refractivity contribution in [2.24, 2.45) is 23.5 Å². The number of nitrogens with two attached hydrogens (primary N) is 1. The molecule has 0 heterocycles. The van der Waals surface area contributed by atoms with Crippen molar-refractivity contribution in [3.05, 3.63) is 0 Å². The highest BCUT2D eigenvalue weighted by atomic mass is 32.2. The zero-order chi connectivity index (χ0) is 10.8. The number of thioether (sulfide) groups is 1. The van der Waals surface area contributed by atoms with Crippen LogP contribution in [0.3, 0.4) is 0 Å². The van der Waals surface area contributed by atoms with E-state index in [1.165, 1.54) is 25.7 Å². The third-order valence-electron chi connectivity index (χ3n) is 3.83. The molecule has 2 aliphatic rings. The molecule has 0 aromatic rings. The molecule has 15 heavy (non-hydrogen) atoms. The fourth-order valence-electron chi connectivity index (χ4n) is 3.00. The number of rotatable bonds is 5. The smallest absolute Gasteiger partial charge is 0.321 e. The second-order valence-electron chi connectivity index (χ2n) is 4.92. The van der Waals surface area contributed by atoms with E-state index in [1.807, 2.05) is 0 Å². The number of hydrogen-bond acceptors (Lipinski definition) is 3. The molecule has 4 heteroatoms. The minimum atomic E-state index is -0.879. The van der Waals surface area contributed by atoms with E-state index < -0.39 is 12.0 Å². The highest BCUT2D eigenvalue weighted by molar-refractivity contribution is 7.99. The standard InChI is InChI=1S/C11H19NO2S/c12-10(11(13)14)6-15-5-9-4-7-1-2-8(9)3-7/h7-10H,1-6,12H2,(H,13,14)/t7?,8?,9?,10-/m1/s1. The predicted octanol–water partition coefficient (Wildman–Crippen LogP) is 1.57. The van der Waals surface area contributed by atoms with Crippen LogP contribution in [0.25, 0.3) is 0 Å². The van der Waals surface area contributed by atoms with Gasteiger partial charge in [0.25, 0.3) is 0 Å². The minimum absolute atomic E-state index is 0.559. The van der Waals surface area contributed by atoms with Crippen molar-refractivity contribution in [2.75, 3.05) is 11.5 Å². The summed E-state index contributed by atoms with van der Waals surface area (Å²) in [5.41, 5.74) is 5.46. The Hall–Kier alpha value is -0.220. The summed E-state index contributed by atoms with van der Waals surface area (Å²) in [7, 11) is 0. The van der Waals surface area contributed by atoms with Crippen molar-refractivity contribution in [1.82, 2.24) is 0 Å². The number of hydrogen-bond donors (Lipinski definition) is 2. The first-order valence-corrected chi connectivity index (χ1v) is 6.88. The van der Waals surface area contributed by atoms with Gasteiger partial charge in [-0.2, -0.15) is 11.8 Å². The van der Waals surface area contributed by atoms with Gasteiger partial charge >= 0.3 is 5.97 Å². The Labute approximate surface area is 94.8 Å². The number of aliphatic carboxylic acids is 1. The summed E-state index contributed by atoms with van der Waals surface area (Å²) in [6.07, 6.45) is 5.64. The predicted molar refractivity (Wildman–Crippen MR) is 61.9 cm³/mol. The minimum Gasteiger partial charge on any atom is -0.480 e. The molecule has 0 radical (unpaired) electrons. The van der Waals surface area contributed by atoms with Crippen LogP contribution >= 0.6 is 11.8 Å². The Morgan fingerprint density at radius 3 is 2.80 bits per heavy atom. The fourth-order valence-corrected chi connectivity index (χ4v) is 4.24. The molecule has 0 amide bonds. The first kappa shape index (κ1) is 11.3. The van der Waals surface area contributed by atoms with E-state index in [0.717, 1.165) is 23.5 Å². The SMILES string of the molecule is N[C@H](CSCC1CC2CCC1C2)C(=O)O. The molecule has 2 bridgehead atoms. The van der Waals surface area contributed by atoms with Crippen molar-refractivity contribution in [2.45, 2.75) is 31.7 Å². The molecular formula is C11H19NO2S. The summed E-state index contributed by atoms with van der Waals surface area (Å²) in [4.78, 5) is 10.5. The highest BCUT2D eigenvalue weighted by Gasteiger charge is 2.39. The van der Waals surface area contributed by atoms with Gasteiger partial charge in [0.05, 0.1) is 0 Å². The second kappa shape index (κ2) is 4.74. The average molecular weight is 229 g/mol. The zero-order valence-corrected chi connectivity index (χ0v) is 9.71. The van der Waals surface area contributed by atoms with Gasteiger partial charge in [-0.15, -0.1) is 0 Å². The van der Waals surface area contributed by atoms with Crippen LogP contribution in [0.15, 0.2) is 0 Å². The van der Waals surface area contributed by atoms with Crippen molar-refractivity contribution >= 4 is 17.7 Å². The first-order chi connectivity index (χ1) is 7.16. The molecule has 4 atom stereocenters. The number of fused-ring (bicyclic) bond motifs is 2. The molecule has 0 saturated heterocycles. The molecule has 2 fully saturated rings. The van der Waals surface area contributed by atoms with E-state index in [2.05, 4.69) is 0 Å². The summed E-state index contributed by atoms with van der Waals surface area (Å²) in [5.74, 6) is 3.55. The monoisotopic (exact) mass is 229 g/mol. The topological polar surface area (TPSA) is 63.3 Å². The Morgan fingerprint density at radius 2 is 2.27 bits per heavy atom. The van der Waals surface area contributed by atoms with E-state index >= 15 is 0 Å². The summed E-state index contributed by atoms with van der Waals surface area (Å²) in [6.45, 7) is 0. The third kappa shape index (κ3) is 2.67. The molecule has 2 rings (SSSR count). The molecule has 0 aliphatic heterocycles. The van der Waals surface area contributed by atoms with Crippen molar-refractivity contribution in [3.8, 4) is 0 Å². The van der Waals surface area contributed by atoms with Gasteiger partial charge in [0.15, 0.2) is 0 Å². The lowest BCUT2D eigenvalue weighted by atomic mass is 9.90. The van der Waals surface area contributed by atoms with Crippen LogP contribution in [0, 0.1) is 17.8 Å². The maximum Gasteiger partial charge on any atom is 0.321 e. The quantitative estimate of drug-likeness (QED) is 0.751. The molecule has 2 saturated carbocycles. The summed E-state index contributed by atoms with van der Waals surface area (Å²) in [5, 5.41) is 8.64. The lowest BCUT2D eigenvalue weighted by Crippen LogP contribution is -2.32. The number of carboxylic acids is 1. The van der Waals surface area contributed by atoms with Gasteiger partial charge in [0.2, 0.25) is 0 Å². The van der Waals surface area contributed by atoms with Crippen LogP contribution in [0.5, 0.6) is 0 Å². The molecule has 3 unspecified atom stereocenters. The lowest BCUT2D eigenvalue weighted by Gasteiger charge is -2.21. The van der Waals surface area contributed by atoms with Crippen LogP contribution in [0.1, 0.15) is 25.7 Å². The van der Waals surface area contributed by atoms with Crippen LogP contribution in [0.4, 0.5) is 0 Å². The van der Waals surface area contributed by atoms with Crippen molar-refractivity contribution in [1.29, 1.82) is 0 Å². The second-order valence-corrected chi connectivity index (χ2v) is 5.99. The van der Waals surface area contributed by atoms with Gasteiger partial charge in [0.1, 0.15) is 6.04 Å². The number of carbonyl (C=O) groups is 1. The average Bonchev–Trinajstić information content (AvgIpc) is 2.78. The van der Waals surface area contributed by atoms with Gasteiger partial charge in [-0.25, -0.2) is 0 Å². The van der Waals surface area contributed by atoms with Crippen LogP contribution in [0.2, 0.25) is 0 Å². The number of carboxylic acid groups (broad SMARTS) is 1. The molecule has 0 aromatic heterocycles. The fraction of sp³-hybridized carbons (Fsp3) is 0.909. The molecule has 86 valence electrons. The summed E-state index contributed by atoms with van der Waals surface area (Å²) >= 11 is 1.72. The van der Waals surface area contributed by atoms with Crippen molar-refractivity contribution < 1.29 is 9.90 Å².